The van der Waals surface area contributed by atoms with Crippen molar-refractivity contribution in [1.82, 2.24) is 10.2 Å². The quantitative estimate of drug-likeness (QED) is 0.669. The largest absolute Gasteiger partial charge is 0.465 e. The molecule has 5 heteroatoms. The van der Waals surface area contributed by atoms with E-state index in [1.165, 1.54) is 14.0 Å². The summed E-state index contributed by atoms with van der Waals surface area (Å²) in [5, 5.41) is 9.33. The highest BCUT2D eigenvalue weighted by Crippen LogP contribution is 2.30. The summed E-state index contributed by atoms with van der Waals surface area (Å²) in [6, 6.07) is 11.1. The van der Waals surface area contributed by atoms with Crippen molar-refractivity contribution in [2.24, 2.45) is 0 Å². The third-order valence-corrected chi connectivity index (χ3v) is 4.04. The zero-order valence-electron chi connectivity index (χ0n) is 13.7. The molecule has 0 spiro atoms. The maximum absolute atomic E-state index is 13.7. The van der Waals surface area contributed by atoms with Gasteiger partial charge < -0.3 is 4.74 Å². The van der Waals surface area contributed by atoms with Gasteiger partial charge in [-0.15, -0.1) is 0 Å². The molecule has 0 aliphatic carbocycles. The van der Waals surface area contributed by atoms with Gasteiger partial charge in [0, 0.05) is 10.8 Å². The number of carbonyl (C=O) groups excluding carboxylic acids is 1. The molecule has 0 amide bonds. The van der Waals surface area contributed by atoms with Crippen LogP contribution >= 0.6 is 0 Å². The second-order valence-corrected chi connectivity index (χ2v) is 5.67. The molecule has 3 aromatic rings. The van der Waals surface area contributed by atoms with Gasteiger partial charge in [-0.2, -0.15) is 10.2 Å². The molecule has 1 atom stereocenters. The summed E-state index contributed by atoms with van der Waals surface area (Å²) in [6.07, 6.45) is 0.431. The van der Waals surface area contributed by atoms with Crippen LogP contribution in [0, 0.1) is 6.92 Å². The molecular formula is C19H17FN2O2. The van der Waals surface area contributed by atoms with Gasteiger partial charge >= 0.3 is 5.97 Å². The summed E-state index contributed by atoms with van der Waals surface area (Å²) in [6.45, 7) is 3.42. The Morgan fingerprint density at radius 3 is 2.71 bits per heavy atom. The summed E-state index contributed by atoms with van der Waals surface area (Å²) in [5.41, 5.74) is 3.70. The molecule has 1 unspecified atom stereocenters. The standard InChI is InChI=1S/C19H17FN2O2/c1-11-4-5-14(19(23)24-3)9-17(11)13-6-7-16-15(8-13)10-21-22-18(16)12(2)20/h4-10,12H,1-3H3. The number of rotatable bonds is 3. The molecule has 4 nitrogen and oxygen atoms in total. The normalized spacial score (nSPS) is 12.2. The van der Waals surface area contributed by atoms with Crippen molar-refractivity contribution in [1.29, 1.82) is 0 Å². The lowest BCUT2D eigenvalue weighted by Crippen LogP contribution is -2.01. The van der Waals surface area contributed by atoms with E-state index in [2.05, 4.69) is 10.2 Å². The highest BCUT2D eigenvalue weighted by atomic mass is 19.1. The fourth-order valence-electron chi connectivity index (χ4n) is 2.75. The molecule has 0 aliphatic heterocycles. The first kappa shape index (κ1) is 16.1. The number of aromatic nitrogens is 2. The summed E-state index contributed by atoms with van der Waals surface area (Å²) in [5.74, 6) is -0.378. The second kappa shape index (κ2) is 6.35. The van der Waals surface area contributed by atoms with Gasteiger partial charge in [-0.3, -0.25) is 0 Å². The fourth-order valence-corrected chi connectivity index (χ4v) is 2.75. The fraction of sp³-hybridized carbons (Fsp3) is 0.211. The van der Waals surface area contributed by atoms with Crippen LogP contribution in [0.15, 0.2) is 42.6 Å². The molecule has 3 rings (SSSR count). The smallest absolute Gasteiger partial charge is 0.337 e. The number of aryl methyl sites for hydroxylation is 1. The molecule has 0 N–H and O–H groups in total. The van der Waals surface area contributed by atoms with E-state index in [0.717, 1.165) is 27.5 Å². The van der Waals surface area contributed by atoms with E-state index in [4.69, 9.17) is 4.74 Å². The molecule has 1 aromatic heterocycles. The predicted molar refractivity (Wildman–Crippen MR) is 90.6 cm³/mol. The molecule has 2 aromatic carbocycles. The summed E-state index contributed by atoms with van der Waals surface area (Å²) in [4.78, 5) is 11.8. The van der Waals surface area contributed by atoms with Crippen LogP contribution in [0.2, 0.25) is 0 Å². The minimum atomic E-state index is -1.18. The van der Waals surface area contributed by atoms with Gasteiger partial charge in [0.05, 0.1) is 18.9 Å². The number of hydrogen-bond acceptors (Lipinski definition) is 4. The summed E-state index contributed by atoms with van der Waals surface area (Å²) >= 11 is 0. The Hall–Kier alpha value is -2.82. The molecule has 0 aliphatic rings. The van der Waals surface area contributed by atoms with Crippen LogP contribution in [0.5, 0.6) is 0 Å². The number of ether oxygens (including phenoxy) is 1. The maximum atomic E-state index is 13.7. The molecule has 24 heavy (non-hydrogen) atoms. The van der Waals surface area contributed by atoms with Crippen LogP contribution in [0.4, 0.5) is 4.39 Å². The highest BCUT2D eigenvalue weighted by molar-refractivity contribution is 5.93. The van der Waals surface area contributed by atoms with Crippen molar-refractivity contribution < 1.29 is 13.9 Å². The number of esters is 1. The van der Waals surface area contributed by atoms with Crippen LogP contribution < -0.4 is 0 Å². The Labute approximate surface area is 139 Å². The first-order chi connectivity index (χ1) is 11.5. The Balaban J connectivity index is 2.15. The minimum Gasteiger partial charge on any atom is -0.465 e. The van der Waals surface area contributed by atoms with Crippen molar-refractivity contribution >= 4 is 16.7 Å². The average Bonchev–Trinajstić information content (AvgIpc) is 2.60. The van der Waals surface area contributed by atoms with Gasteiger partial charge in [-0.05, 0) is 48.7 Å². The van der Waals surface area contributed by atoms with E-state index in [0.29, 0.717) is 11.3 Å². The lowest BCUT2D eigenvalue weighted by Gasteiger charge is -2.11. The monoisotopic (exact) mass is 324 g/mol. The molecular weight excluding hydrogens is 307 g/mol. The lowest BCUT2D eigenvalue weighted by molar-refractivity contribution is 0.0601. The van der Waals surface area contributed by atoms with E-state index < -0.39 is 6.17 Å². The first-order valence-corrected chi connectivity index (χ1v) is 7.60. The number of halogens is 1. The number of benzene rings is 2. The number of fused-ring (bicyclic) bond motifs is 1. The molecule has 0 fully saturated rings. The van der Waals surface area contributed by atoms with Gasteiger partial charge in [-0.25, -0.2) is 9.18 Å². The zero-order chi connectivity index (χ0) is 17.3. The number of methoxy groups -OCH3 is 1. The number of nitrogens with zero attached hydrogens (tertiary/aromatic N) is 2. The van der Waals surface area contributed by atoms with Crippen LogP contribution in [-0.4, -0.2) is 23.3 Å². The summed E-state index contributed by atoms with van der Waals surface area (Å²) < 4.78 is 18.5. The van der Waals surface area contributed by atoms with E-state index >= 15 is 0 Å². The van der Waals surface area contributed by atoms with E-state index in [1.807, 2.05) is 31.2 Å². The van der Waals surface area contributed by atoms with E-state index in [9.17, 15) is 9.18 Å². The van der Waals surface area contributed by atoms with Crippen LogP contribution in [0.25, 0.3) is 21.9 Å². The maximum Gasteiger partial charge on any atom is 0.337 e. The third-order valence-electron chi connectivity index (χ3n) is 4.04. The Morgan fingerprint density at radius 1 is 1.21 bits per heavy atom. The van der Waals surface area contributed by atoms with E-state index in [1.54, 1.807) is 18.3 Å². The number of carbonyl (C=O) groups is 1. The van der Waals surface area contributed by atoms with Crippen molar-refractivity contribution in [2.75, 3.05) is 7.11 Å². The molecule has 0 radical (unpaired) electrons. The van der Waals surface area contributed by atoms with Gasteiger partial charge in [0.25, 0.3) is 0 Å². The lowest BCUT2D eigenvalue weighted by atomic mass is 9.96. The molecule has 122 valence electrons. The molecule has 1 heterocycles. The number of alkyl halides is 1. The molecule has 0 saturated carbocycles. The highest BCUT2D eigenvalue weighted by Gasteiger charge is 2.13. The van der Waals surface area contributed by atoms with Crippen LogP contribution in [-0.2, 0) is 4.74 Å². The Kier molecular flexibility index (Phi) is 4.25. The second-order valence-electron chi connectivity index (χ2n) is 5.67. The van der Waals surface area contributed by atoms with Crippen LogP contribution in [0.3, 0.4) is 0 Å². The van der Waals surface area contributed by atoms with Gasteiger partial charge in [0.2, 0.25) is 0 Å². The SMILES string of the molecule is COC(=O)c1ccc(C)c(-c2ccc3c(C(C)F)nncc3c2)c1. The first-order valence-electron chi connectivity index (χ1n) is 7.60. The van der Waals surface area contributed by atoms with E-state index in [-0.39, 0.29) is 5.97 Å². The predicted octanol–water partition coefficient (Wildman–Crippen LogP) is 4.42. The molecule has 0 saturated heterocycles. The van der Waals surface area contributed by atoms with Crippen molar-refractivity contribution in [3.8, 4) is 11.1 Å². The summed E-state index contributed by atoms with van der Waals surface area (Å²) in [7, 11) is 1.36. The van der Waals surface area contributed by atoms with Gasteiger partial charge in [-0.1, -0.05) is 18.2 Å². The van der Waals surface area contributed by atoms with Gasteiger partial charge in [0.15, 0.2) is 0 Å². The van der Waals surface area contributed by atoms with Crippen molar-refractivity contribution in [3.05, 3.63) is 59.4 Å². The van der Waals surface area contributed by atoms with Gasteiger partial charge in [0.1, 0.15) is 11.9 Å². The molecule has 0 bridgehead atoms. The zero-order valence-corrected chi connectivity index (χ0v) is 13.7. The Bertz CT molecular complexity index is 922. The van der Waals surface area contributed by atoms with Crippen molar-refractivity contribution in [2.45, 2.75) is 20.0 Å². The Morgan fingerprint density at radius 2 is 2.00 bits per heavy atom. The van der Waals surface area contributed by atoms with Crippen molar-refractivity contribution in [3.63, 3.8) is 0 Å². The average molecular weight is 324 g/mol. The minimum absolute atomic E-state index is 0.332. The number of hydrogen-bond donors (Lipinski definition) is 0. The van der Waals surface area contributed by atoms with Crippen LogP contribution in [0.1, 0.15) is 34.7 Å². The topological polar surface area (TPSA) is 52.1 Å². The third kappa shape index (κ3) is 2.85.